The molecule has 2 saturated heterocycles. The number of halogens is 1. The van der Waals surface area contributed by atoms with Gasteiger partial charge in [0.1, 0.15) is 21.6 Å². The SMILES string of the molecule is CCCCCCCCN1C(=O)C(=Cc2c(N3CCN(c4ccc(F)cc4)CC3)nc3c(C)cccn3c2=O)SC1=S. The summed E-state index contributed by atoms with van der Waals surface area (Å²) in [7, 11) is 0. The minimum absolute atomic E-state index is 0.144. The van der Waals surface area contributed by atoms with Crippen LogP contribution in [-0.2, 0) is 4.79 Å². The van der Waals surface area contributed by atoms with Crippen molar-refractivity contribution in [3.8, 4) is 0 Å². The lowest BCUT2D eigenvalue weighted by molar-refractivity contribution is -0.122. The van der Waals surface area contributed by atoms with Crippen molar-refractivity contribution in [2.45, 2.75) is 52.4 Å². The van der Waals surface area contributed by atoms with Gasteiger partial charge in [-0.2, -0.15) is 0 Å². The molecule has 3 aromatic rings. The number of aryl methyl sites for hydroxylation is 1. The Morgan fingerprint density at radius 1 is 0.976 bits per heavy atom. The maximum Gasteiger partial charge on any atom is 0.267 e. The lowest BCUT2D eigenvalue weighted by atomic mass is 10.1. The molecule has 0 atom stereocenters. The number of hydrogen-bond donors (Lipinski definition) is 0. The smallest absolute Gasteiger partial charge is 0.267 e. The van der Waals surface area contributed by atoms with Gasteiger partial charge in [0.25, 0.3) is 11.5 Å². The number of hydrogen-bond acceptors (Lipinski definition) is 7. The highest BCUT2D eigenvalue weighted by Crippen LogP contribution is 2.34. The number of pyridine rings is 1. The van der Waals surface area contributed by atoms with E-state index in [1.807, 2.05) is 19.1 Å². The zero-order chi connectivity index (χ0) is 28.9. The first-order valence-corrected chi connectivity index (χ1v) is 15.6. The number of thioether (sulfide) groups is 1. The molecule has 0 bridgehead atoms. The van der Waals surface area contributed by atoms with Crippen LogP contribution in [0.3, 0.4) is 0 Å². The number of aromatic nitrogens is 2. The number of thiocarbonyl (C=S) groups is 1. The summed E-state index contributed by atoms with van der Waals surface area (Å²) in [6, 6.07) is 10.3. The summed E-state index contributed by atoms with van der Waals surface area (Å²) in [5, 5.41) is 0. The molecule has 10 heteroatoms. The Balaban J connectivity index is 1.41. The first-order chi connectivity index (χ1) is 19.9. The summed E-state index contributed by atoms with van der Waals surface area (Å²) in [6.45, 7) is 7.38. The molecule has 2 aliphatic heterocycles. The molecule has 4 heterocycles. The van der Waals surface area contributed by atoms with Crippen LogP contribution in [0.1, 0.15) is 56.6 Å². The van der Waals surface area contributed by atoms with E-state index in [-0.39, 0.29) is 17.3 Å². The largest absolute Gasteiger partial charge is 0.368 e. The molecular formula is C31H36FN5O2S2. The topological polar surface area (TPSA) is 61.2 Å². The Morgan fingerprint density at radius 3 is 2.39 bits per heavy atom. The number of piperazine rings is 1. The van der Waals surface area contributed by atoms with Crippen molar-refractivity contribution in [1.82, 2.24) is 14.3 Å². The standard InChI is InChI=1S/C31H36FN5O2S2/c1-3-4-5-6-7-8-15-37-30(39)26(41-31(37)40)21-25-28(33-27-22(2)10-9-16-36(27)29(25)38)35-19-17-34(18-20-35)24-13-11-23(32)12-14-24/h9-14,16,21H,3-8,15,17-20H2,1-2H3. The third kappa shape index (κ3) is 6.48. The molecule has 0 aliphatic carbocycles. The summed E-state index contributed by atoms with van der Waals surface area (Å²) >= 11 is 6.83. The fourth-order valence-electron chi connectivity index (χ4n) is 5.37. The van der Waals surface area contributed by atoms with Gasteiger partial charge in [0.05, 0.1) is 10.5 Å². The zero-order valence-corrected chi connectivity index (χ0v) is 25.3. The molecule has 0 unspecified atom stereocenters. The third-order valence-electron chi connectivity index (χ3n) is 7.72. The van der Waals surface area contributed by atoms with Gasteiger partial charge in [0.2, 0.25) is 0 Å². The number of nitrogens with zero attached hydrogens (tertiary/aromatic N) is 5. The number of amides is 1. The van der Waals surface area contributed by atoms with Crippen molar-refractivity contribution in [1.29, 1.82) is 0 Å². The molecule has 216 valence electrons. The van der Waals surface area contributed by atoms with Crippen LogP contribution in [0.25, 0.3) is 11.7 Å². The number of rotatable bonds is 10. The highest BCUT2D eigenvalue weighted by Gasteiger charge is 2.33. The molecule has 41 heavy (non-hydrogen) atoms. The molecule has 0 spiro atoms. The van der Waals surface area contributed by atoms with Gasteiger partial charge in [0.15, 0.2) is 0 Å². The normalized spacial score (nSPS) is 17.0. The number of unbranched alkanes of at least 4 members (excludes halogenated alkanes) is 5. The minimum atomic E-state index is -0.259. The molecule has 1 amide bonds. The Kier molecular flexibility index (Phi) is 9.39. The number of carbonyl (C=O) groups excluding carboxylic acids is 1. The van der Waals surface area contributed by atoms with Crippen molar-refractivity contribution in [3.05, 3.63) is 74.8 Å². The number of fused-ring (bicyclic) bond motifs is 1. The maximum atomic E-state index is 13.9. The van der Waals surface area contributed by atoms with Crippen LogP contribution in [0.2, 0.25) is 0 Å². The van der Waals surface area contributed by atoms with E-state index in [2.05, 4.69) is 16.7 Å². The second-order valence-corrected chi connectivity index (χ2v) is 12.3. The Bertz CT molecular complexity index is 1510. The lowest BCUT2D eigenvalue weighted by Gasteiger charge is -2.37. The average Bonchev–Trinajstić information content (AvgIpc) is 3.24. The molecule has 0 N–H and O–H groups in total. The minimum Gasteiger partial charge on any atom is -0.368 e. The monoisotopic (exact) mass is 593 g/mol. The van der Waals surface area contributed by atoms with Gasteiger partial charge in [-0.3, -0.25) is 18.9 Å². The highest BCUT2D eigenvalue weighted by atomic mass is 32.2. The highest BCUT2D eigenvalue weighted by molar-refractivity contribution is 8.26. The van der Waals surface area contributed by atoms with Crippen LogP contribution in [0.5, 0.6) is 0 Å². The summed E-state index contributed by atoms with van der Waals surface area (Å²) in [5.41, 5.74) is 2.63. The molecule has 5 rings (SSSR count). The Labute approximate surface area is 250 Å². The van der Waals surface area contributed by atoms with Gasteiger partial charge in [-0.1, -0.05) is 69.1 Å². The molecule has 0 saturated carbocycles. The first-order valence-electron chi connectivity index (χ1n) is 14.4. The quantitative estimate of drug-likeness (QED) is 0.162. The van der Waals surface area contributed by atoms with E-state index >= 15 is 0 Å². The van der Waals surface area contributed by atoms with Crippen molar-refractivity contribution in [2.24, 2.45) is 0 Å². The van der Waals surface area contributed by atoms with Crippen LogP contribution >= 0.6 is 24.0 Å². The van der Waals surface area contributed by atoms with Crippen LogP contribution in [0, 0.1) is 12.7 Å². The predicted molar refractivity (Wildman–Crippen MR) is 170 cm³/mol. The zero-order valence-electron chi connectivity index (χ0n) is 23.6. The van der Waals surface area contributed by atoms with E-state index < -0.39 is 0 Å². The summed E-state index contributed by atoms with van der Waals surface area (Å²) < 4.78 is 15.5. The maximum absolute atomic E-state index is 13.9. The van der Waals surface area contributed by atoms with Crippen LogP contribution in [0.4, 0.5) is 15.9 Å². The van der Waals surface area contributed by atoms with Crippen LogP contribution < -0.4 is 15.4 Å². The van der Waals surface area contributed by atoms with Gasteiger partial charge in [-0.05, 0) is 55.3 Å². The molecule has 2 fully saturated rings. The lowest BCUT2D eigenvalue weighted by Crippen LogP contribution is -2.47. The number of anilines is 2. The second kappa shape index (κ2) is 13.2. The van der Waals surface area contributed by atoms with Gasteiger partial charge in [-0.25, -0.2) is 9.37 Å². The van der Waals surface area contributed by atoms with E-state index in [4.69, 9.17) is 17.2 Å². The molecule has 1 aromatic carbocycles. The van der Waals surface area contributed by atoms with Gasteiger partial charge < -0.3 is 9.80 Å². The van der Waals surface area contributed by atoms with Crippen LogP contribution in [0.15, 0.2) is 52.3 Å². The fraction of sp³-hybridized carbons (Fsp3) is 0.419. The van der Waals surface area contributed by atoms with Crippen molar-refractivity contribution in [2.75, 3.05) is 42.5 Å². The van der Waals surface area contributed by atoms with Crippen molar-refractivity contribution < 1.29 is 9.18 Å². The summed E-state index contributed by atoms with van der Waals surface area (Å²) in [6.07, 6.45) is 10.2. The Hall–Kier alpha value is -3.24. The predicted octanol–water partition coefficient (Wildman–Crippen LogP) is 6.03. The van der Waals surface area contributed by atoms with E-state index in [1.165, 1.54) is 43.2 Å². The van der Waals surface area contributed by atoms with E-state index in [0.717, 1.165) is 30.5 Å². The average molecular weight is 594 g/mol. The van der Waals surface area contributed by atoms with Crippen LogP contribution in [-0.4, -0.2) is 57.2 Å². The van der Waals surface area contributed by atoms with Gasteiger partial charge >= 0.3 is 0 Å². The van der Waals surface area contributed by atoms with Gasteiger partial charge in [0, 0.05) is 44.6 Å². The molecule has 2 aliphatic rings. The van der Waals surface area contributed by atoms with Crippen molar-refractivity contribution in [3.63, 3.8) is 0 Å². The molecule has 0 radical (unpaired) electrons. The van der Waals surface area contributed by atoms with E-state index in [0.29, 0.717) is 59.0 Å². The first kappa shape index (κ1) is 29.3. The van der Waals surface area contributed by atoms with E-state index in [1.54, 1.807) is 33.7 Å². The fourth-order valence-corrected chi connectivity index (χ4v) is 6.66. The van der Waals surface area contributed by atoms with Gasteiger partial charge in [-0.15, -0.1) is 0 Å². The molecule has 7 nitrogen and oxygen atoms in total. The Morgan fingerprint density at radius 2 is 1.66 bits per heavy atom. The number of carbonyl (C=O) groups is 1. The van der Waals surface area contributed by atoms with E-state index in [9.17, 15) is 14.0 Å². The summed E-state index contributed by atoms with van der Waals surface area (Å²) in [4.78, 5) is 38.7. The molecule has 2 aromatic heterocycles. The van der Waals surface area contributed by atoms with Crippen molar-refractivity contribution >= 4 is 57.4 Å². The number of benzene rings is 1. The summed E-state index contributed by atoms with van der Waals surface area (Å²) in [5.74, 6) is 0.171. The third-order valence-corrected chi connectivity index (χ3v) is 9.10. The molecular weight excluding hydrogens is 558 g/mol. The second-order valence-electron chi connectivity index (χ2n) is 10.6.